The fraction of sp³-hybridized carbons (Fsp3) is 0.200. The lowest BCUT2D eigenvalue weighted by atomic mass is 10.3. The van der Waals surface area contributed by atoms with E-state index >= 15 is 0 Å². The molecule has 1 aromatic carbocycles. The SMILES string of the molecule is COc1ccc(NC(=O)[C@@H](C)Oc2ccc(Cl)cc2Cl)cn1. The number of halogens is 2. The van der Waals surface area contributed by atoms with E-state index in [2.05, 4.69) is 10.3 Å². The normalized spacial score (nSPS) is 11.6. The molecule has 0 fully saturated rings. The maximum atomic E-state index is 12.1. The van der Waals surface area contributed by atoms with Gasteiger partial charge in [0.1, 0.15) is 5.75 Å². The largest absolute Gasteiger partial charge is 0.481 e. The van der Waals surface area contributed by atoms with Crippen LogP contribution in [0.5, 0.6) is 11.6 Å². The Morgan fingerprint density at radius 2 is 2.05 bits per heavy atom. The first-order valence-electron chi connectivity index (χ1n) is 6.42. The number of nitrogens with one attached hydrogen (secondary N) is 1. The quantitative estimate of drug-likeness (QED) is 0.899. The van der Waals surface area contributed by atoms with E-state index in [1.54, 1.807) is 37.3 Å². The molecule has 0 spiro atoms. The van der Waals surface area contributed by atoms with Crippen LogP contribution in [0.25, 0.3) is 0 Å². The van der Waals surface area contributed by atoms with E-state index in [-0.39, 0.29) is 5.91 Å². The van der Waals surface area contributed by atoms with Crippen LogP contribution < -0.4 is 14.8 Å². The first-order valence-corrected chi connectivity index (χ1v) is 7.18. The van der Waals surface area contributed by atoms with Gasteiger partial charge in [-0.25, -0.2) is 4.98 Å². The van der Waals surface area contributed by atoms with Gasteiger partial charge in [0.15, 0.2) is 6.10 Å². The summed E-state index contributed by atoms with van der Waals surface area (Å²) in [6.45, 7) is 1.62. The standard InChI is InChI=1S/C15H14Cl2N2O3/c1-9(22-13-5-3-10(16)7-12(13)17)15(20)19-11-4-6-14(21-2)18-8-11/h3-9H,1-2H3,(H,19,20)/t9-/m1/s1. The number of benzene rings is 1. The van der Waals surface area contributed by atoms with Crippen molar-refractivity contribution in [2.24, 2.45) is 0 Å². The van der Waals surface area contributed by atoms with Crippen LogP contribution in [0, 0.1) is 0 Å². The highest BCUT2D eigenvalue weighted by molar-refractivity contribution is 6.35. The molecule has 0 bridgehead atoms. The highest BCUT2D eigenvalue weighted by Crippen LogP contribution is 2.28. The molecule has 2 rings (SSSR count). The molecule has 1 aromatic heterocycles. The molecule has 5 nitrogen and oxygen atoms in total. The van der Waals surface area contributed by atoms with E-state index in [4.69, 9.17) is 32.7 Å². The number of nitrogens with zero attached hydrogens (tertiary/aromatic N) is 1. The Labute approximate surface area is 138 Å². The number of aromatic nitrogens is 1. The van der Waals surface area contributed by atoms with Gasteiger partial charge in [0.2, 0.25) is 5.88 Å². The number of rotatable bonds is 5. The van der Waals surface area contributed by atoms with Gasteiger partial charge in [-0.1, -0.05) is 23.2 Å². The Bertz CT molecular complexity index is 662. The van der Waals surface area contributed by atoms with Gasteiger partial charge in [0.05, 0.1) is 24.0 Å². The summed E-state index contributed by atoms with van der Waals surface area (Å²) in [5.74, 6) is 0.537. The van der Waals surface area contributed by atoms with Crippen molar-refractivity contribution >= 4 is 34.8 Å². The van der Waals surface area contributed by atoms with E-state index < -0.39 is 6.10 Å². The number of methoxy groups -OCH3 is 1. The number of carbonyl (C=O) groups excluding carboxylic acids is 1. The lowest BCUT2D eigenvalue weighted by Crippen LogP contribution is -2.30. The van der Waals surface area contributed by atoms with Gasteiger partial charge < -0.3 is 14.8 Å². The Balaban J connectivity index is 1.99. The molecule has 0 aliphatic heterocycles. The fourth-order valence-electron chi connectivity index (χ4n) is 1.63. The van der Waals surface area contributed by atoms with Crippen molar-refractivity contribution in [2.45, 2.75) is 13.0 Å². The van der Waals surface area contributed by atoms with Gasteiger partial charge >= 0.3 is 0 Å². The second kappa shape index (κ2) is 7.33. The third-order valence-corrected chi connectivity index (χ3v) is 3.31. The van der Waals surface area contributed by atoms with Crippen LogP contribution >= 0.6 is 23.2 Å². The van der Waals surface area contributed by atoms with Crippen molar-refractivity contribution in [3.63, 3.8) is 0 Å². The minimum Gasteiger partial charge on any atom is -0.481 e. The van der Waals surface area contributed by atoms with Gasteiger partial charge in [-0.2, -0.15) is 0 Å². The van der Waals surface area contributed by atoms with Crippen LogP contribution in [-0.2, 0) is 4.79 Å². The van der Waals surface area contributed by atoms with E-state index in [9.17, 15) is 4.79 Å². The van der Waals surface area contributed by atoms with Gasteiger partial charge in [-0.3, -0.25) is 4.79 Å². The summed E-state index contributed by atoms with van der Waals surface area (Å²) in [5.41, 5.74) is 0.545. The van der Waals surface area contributed by atoms with Crippen molar-refractivity contribution in [2.75, 3.05) is 12.4 Å². The van der Waals surface area contributed by atoms with E-state index in [1.807, 2.05) is 0 Å². The molecular formula is C15H14Cl2N2O3. The van der Waals surface area contributed by atoms with Crippen LogP contribution in [0.3, 0.4) is 0 Å². The maximum absolute atomic E-state index is 12.1. The molecule has 0 radical (unpaired) electrons. The third-order valence-electron chi connectivity index (χ3n) is 2.78. The van der Waals surface area contributed by atoms with Crippen LogP contribution in [0.1, 0.15) is 6.92 Å². The van der Waals surface area contributed by atoms with Crippen molar-refractivity contribution < 1.29 is 14.3 Å². The first kappa shape index (κ1) is 16.4. The molecule has 1 heterocycles. The molecule has 1 amide bonds. The Hall–Kier alpha value is -1.98. The third kappa shape index (κ3) is 4.26. The predicted molar refractivity (Wildman–Crippen MR) is 86.0 cm³/mol. The average molecular weight is 341 g/mol. The predicted octanol–water partition coefficient (Wildman–Crippen LogP) is 3.80. The Kier molecular flexibility index (Phi) is 5.46. The Morgan fingerprint density at radius 1 is 1.27 bits per heavy atom. The molecule has 7 heteroatoms. The number of hydrogen-bond donors (Lipinski definition) is 1. The van der Waals surface area contributed by atoms with Gasteiger partial charge in [0, 0.05) is 11.1 Å². The summed E-state index contributed by atoms with van der Waals surface area (Å²) >= 11 is 11.8. The average Bonchev–Trinajstić information content (AvgIpc) is 2.50. The summed E-state index contributed by atoms with van der Waals surface area (Å²) in [5, 5.41) is 3.54. The van der Waals surface area contributed by atoms with Gasteiger partial charge in [-0.05, 0) is 31.2 Å². The number of amides is 1. The number of anilines is 1. The van der Waals surface area contributed by atoms with E-state index in [0.717, 1.165) is 0 Å². The van der Waals surface area contributed by atoms with Crippen molar-refractivity contribution in [3.8, 4) is 11.6 Å². The molecule has 1 atom stereocenters. The summed E-state index contributed by atoms with van der Waals surface area (Å²) in [4.78, 5) is 16.1. The maximum Gasteiger partial charge on any atom is 0.265 e. The summed E-state index contributed by atoms with van der Waals surface area (Å²) in [6, 6.07) is 8.14. The second-order valence-corrected chi connectivity index (χ2v) is 5.26. The van der Waals surface area contributed by atoms with Crippen LogP contribution in [0.2, 0.25) is 10.0 Å². The molecule has 0 aliphatic carbocycles. The lowest BCUT2D eigenvalue weighted by Gasteiger charge is -2.15. The number of pyridine rings is 1. The minimum atomic E-state index is -0.735. The van der Waals surface area contributed by atoms with Crippen molar-refractivity contribution in [1.82, 2.24) is 4.98 Å². The molecule has 0 aliphatic rings. The van der Waals surface area contributed by atoms with E-state index in [1.165, 1.54) is 13.3 Å². The molecule has 22 heavy (non-hydrogen) atoms. The fourth-order valence-corrected chi connectivity index (χ4v) is 2.09. The zero-order valence-corrected chi connectivity index (χ0v) is 13.5. The summed E-state index contributed by atoms with van der Waals surface area (Å²) in [6.07, 6.45) is 0.763. The molecule has 1 N–H and O–H groups in total. The molecular weight excluding hydrogens is 327 g/mol. The summed E-state index contributed by atoms with van der Waals surface area (Å²) < 4.78 is 10.5. The number of carbonyl (C=O) groups is 1. The van der Waals surface area contributed by atoms with Crippen molar-refractivity contribution in [1.29, 1.82) is 0 Å². The summed E-state index contributed by atoms with van der Waals surface area (Å²) in [7, 11) is 1.52. The first-order chi connectivity index (χ1) is 10.5. The zero-order valence-electron chi connectivity index (χ0n) is 12.0. The van der Waals surface area contributed by atoms with Crippen LogP contribution in [-0.4, -0.2) is 24.1 Å². The van der Waals surface area contributed by atoms with Crippen molar-refractivity contribution in [3.05, 3.63) is 46.6 Å². The zero-order chi connectivity index (χ0) is 16.1. The van der Waals surface area contributed by atoms with E-state index in [0.29, 0.717) is 27.4 Å². The molecule has 116 valence electrons. The highest BCUT2D eigenvalue weighted by Gasteiger charge is 2.16. The lowest BCUT2D eigenvalue weighted by molar-refractivity contribution is -0.122. The highest BCUT2D eigenvalue weighted by atomic mass is 35.5. The van der Waals surface area contributed by atoms with Gasteiger partial charge in [0.25, 0.3) is 5.91 Å². The molecule has 2 aromatic rings. The molecule has 0 saturated carbocycles. The van der Waals surface area contributed by atoms with Gasteiger partial charge in [-0.15, -0.1) is 0 Å². The Morgan fingerprint density at radius 3 is 2.64 bits per heavy atom. The molecule has 0 saturated heterocycles. The number of hydrogen-bond acceptors (Lipinski definition) is 4. The topological polar surface area (TPSA) is 60.5 Å². The smallest absolute Gasteiger partial charge is 0.265 e. The molecule has 0 unspecified atom stereocenters. The van der Waals surface area contributed by atoms with Crippen LogP contribution in [0.4, 0.5) is 5.69 Å². The monoisotopic (exact) mass is 340 g/mol. The van der Waals surface area contributed by atoms with Crippen LogP contribution in [0.15, 0.2) is 36.5 Å². The minimum absolute atomic E-state index is 0.321. The number of ether oxygens (including phenoxy) is 2. The second-order valence-electron chi connectivity index (χ2n) is 4.41.